The van der Waals surface area contributed by atoms with Gasteiger partial charge in [0.2, 0.25) is 11.8 Å². The summed E-state index contributed by atoms with van der Waals surface area (Å²) in [6.45, 7) is 1.65. The van der Waals surface area contributed by atoms with Crippen molar-refractivity contribution >= 4 is 11.9 Å². The number of hydrogen-bond donors (Lipinski definition) is 2. The molecule has 1 saturated heterocycles. The van der Waals surface area contributed by atoms with Gasteiger partial charge in [-0.05, 0) is 18.9 Å². The number of aromatic nitrogens is 5. The zero-order chi connectivity index (χ0) is 13.8. The van der Waals surface area contributed by atoms with Gasteiger partial charge in [-0.25, -0.2) is 15.0 Å². The highest BCUT2D eigenvalue weighted by molar-refractivity contribution is 5.90. The molecule has 0 atom stereocenters. The van der Waals surface area contributed by atoms with E-state index < -0.39 is 0 Å². The molecule has 0 spiro atoms. The normalized spacial score (nSPS) is 16.1. The molecule has 1 aliphatic heterocycles. The molecule has 1 fully saturated rings. The maximum atomic E-state index is 11.8. The molecule has 104 valence electrons. The smallest absolute Gasteiger partial charge is 0.288 e. The van der Waals surface area contributed by atoms with E-state index in [0.717, 1.165) is 31.9 Å². The Hall–Kier alpha value is -2.51. The van der Waals surface area contributed by atoms with Gasteiger partial charge in [-0.1, -0.05) is 0 Å². The second kappa shape index (κ2) is 5.64. The van der Waals surface area contributed by atoms with Gasteiger partial charge in [0.05, 0.1) is 0 Å². The van der Waals surface area contributed by atoms with Crippen molar-refractivity contribution in [2.24, 2.45) is 0 Å². The SMILES string of the molecule is O=C(NC1CCN(c2ncccn2)CC1)c1ncn[nH]1. The first-order valence-electron chi connectivity index (χ1n) is 6.51. The summed E-state index contributed by atoms with van der Waals surface area (Å²) in [6.07, 6.45) is 6.51. The van der Waals surface area contributed by atoms with Crippen molar-refractivity contribution in [1.29, 1.82) is 0 Å². The van der Waals surface area contributed by atoms with E-state index in [9.17, 15) is 4.79 Å². The van der Waals surface area contributed by atoms with Gasteiger partial charge in [0.1, 0.15) is 6.33 Å². The average molecular weight is 273 g/mol. The number of amides is 1. The standard InChI is InChI=1S/C12H15N7O/c20-11(10-15-8-16-18-10)17-9-2-6-19(7-3-9)12-13-4-1-5-14-12/h1,4-5,8-9H,2-3,6-7H2,(H,17,20)(H,15,16,18). The molecule has 8 nitrogen and oxygen atoms in total. The summed E-state index contributed by atoms with van der Waals surface area (Å²) in [5.41, 5.74) is 0. The fourth-order valence-electron chi connectivity index (χ4n) is 2.25. The Kier molecular flexibility index (Phi) is 3.53. The minimum absolute atomic E-state index is 0.146. The van der Waals surface area contributed by atoms with Gasteiger partial charge in [-0.3, -0.25) is 9.89 Å². The fraction of sp³-hybridized carbons (Fsp3) is 0.417. The minimum atomic E-state index is -0.211. The molecule has 2 N–H and O–H groups in total. The number of rotatable bonds is 3. The Morgan fingerprint density at radius 3 is 2.65 bits per heavy atom. The van der Waals surface area contributed by atoms with E-state index in [2.05, 4.69) is 35.4 Å². The van der Waals surface area contributed by atoms with E-state index >= 15 is 0 Å². The van der Waals surface area contributed by atoms with Gasteiger partial charge in [-0.15, -0.1) is 0 Å². The Bertz CT molecular complexity index is 548. The average Bonchev–Trinajstić information content (AvgIpc) is 3.03. The molecule has 2 aromatic heterocycles. The Labute approximate surface area is 115 Å². The second-order valence-electron chi connectivity index (χ2n) is 4.62. The molecule has 1 aliphatic rings. The molecule has 3 rings (SSSR count). The summed E-state index contributed by atoms with van der Waals surface area (Å²) in [4.78, 5) is 26.3. The summed E-state index contributed by atoms with van der Waals surface area (Å²) in [6, 6.07) is 1.95. The van der Waals surface area contributed by atoms with Crippen LogP contribution in [0.3, 0.4) is 0 Å². The first-order valence-corrected chi connectivity index (χ1v) is 6.51. The van der Waals surface area contributed by atoms with Crippen molar-refractivity contribution in [1.82, 2.24) is 30.5 Å². The largest absolute Gasteiger partial charge is 0.346 e. The summed E-state index contributed by atoms with van der Waals surface area (Å²) >= 11 is 0. The molecule has 2 aromatic rings. The van der Waals surface area contributed by atoms with Gasteiger partial charge >= 0.3 is 0 Å². The molecule has 8 heteroatoms. The van der Waals surface area contributed by atoms with Crippen LogP contribution in [0.15, 0.2) is 24.8 Å². The third-order valence-electron chi connectivity index (χ3n) is 3.30. The highest BCUT2D eigenvalue weighted by Gasteiger charge is 2.23. The summed E-state index contributed by atoms with van der Waals surface area (Å²) < 4.78 is 0. The van der Waals surface area contributed by atoms with E-state index in [1.165, 1.54) is 6.33 Å². The molecular weight excluding hydrogens is 258 g/mol. The van der Waals surface area contributed by atoms with Crippen molar-refractivity contribution in [3.8, 4) is 0 Å². The molecule has 20 heavy (non-hydrogen) atoms. The molecule has 0 unspecified atom stereocenters. The number of H-pyrrole nitrogens is 1. The van der Waals surface area contributed by atoms with E-state index in [-0.39, 0.29) is 17.8 Å². The lowest BCUT2D eigenvalue weighted by atomic mass is 10.1. The van der Waals surface area contributed by atoms with Crippen molar-refractivity contribution in [2.75, 3.05) is 18.0 Å². The number of carbonyl (C=O) groups is 1. The van der Waals surface area contributed by atoms with Crippen LogP contribution in [0.5, 0.6) is 0 Å². The third-order valence-corrected chi connectivity index (χ3v) is 3.30. The van der Waals surface area contributed by atoms with Gasteiger partial charge < -0.3 is 10.2 Å². The maximum absolute atomic E-state index is 11.8. The molecule has 3 heterocycles. The number of piperidine rings is 1. The van der Waals surface area contributed by atoms with Crippen LogP contribution in [0.1, 0.15) is 23.5 Å². The highest BCUT2D eigenvalue weighted by Crippen LogP contribution is 2.15. The zero-order valence-corrected chi connectivity index (χ0v) is 10.9. The van der Waals surface area contributed by atoms with Gasteiger partial charge in [0, 0.05) is 31.5 Å². The number of nitrogens with zero attached hydrogens (tertiary/aromatic N) is 5. The van der Waals surface area contributed by atoms with E-state index in [4.69, 9.17) is 0 Å². The van der Waals surface area contributed by atoms with Crippen molar-refractivity contribution in [3.05, 3.63) is 30.6 Å². The van der Waals surface area contributed by atoms with Gasteiger partial charge in [-0.2, -0.15) is 5.10 Å². The Morgan fingerprint density at radius 2 is 2.00 bits per heavy atom. The van der Waals surface area contributed by atoms with Crippen LogP contribution in [0.2, 0.25) is 0 Å². The molecule has 0 radical (unpaired) electrons. The second-order valence-corrected chi connectivity index (χ2v) is 4.62. The van der Waals surface area contributed by atoms with E-state index in [1.807, 2.05) is 0 Å². The van der Waals surface area contributed by atoms with Crippen molar-refractivity contribution in [2.45, 2.75) is 18.9 Å². The summed E-state index contributed by atoms with van der Waals surface area (Å²) in [7, 11) is 0. The highest BCUT2D eigenvalue weighted by atomic mass is 16.2. The first kappa shape index (κ1) is 12.5. The quantitative estimate of drug-likeness (QED) is 0.816. The van der Waals surface area contributed by atoms with Crippen molar-refractivity contribution < 1.29 is 4.79 Å². The molecule has 0 aliphatic carbocycles. The number of hydrogen-bond acceptors (Lipinski definition) is 6. The zero-order valence-electron chi connectivity index (χ0n) is 10.9. The van der Waals surface area contributed by atoms with Crippen LogP contribution in [-0.2, 0) is 0 Å². The minimum Gasteiger partial charge on any atom is -0.346 e. The van der Waals surface area contributed by atoms with Gasteiger partial charge in [0.25, 0.3) is 5.91 Å². The topological polar surface area (TPSA) is 99.7 Å². The maximum Gasteiger partial charge on any atom is 0.288 e. The molecule has 1 amide bonds. The van der Waals surface area contributed by atoms with Crippen LogP contribution < -0.4 is 10.2 Å². The molecule has 0 bridgehead atoms. The van der Waals surface area contributed by atoms with E-state index in [0.29, 0.717) is 0 Å². The predicted octanol–water partition coefficient (Wildman–Crippen LogP) is -0.00650. The third kappa shape index (κ3) is 2.73. The van der Waals surface area contributed by atoms with Crippen LogP contribution in [0.25, 0.3) is 0 Å². The molecule has 0 saturated carbocycles. The molecular formula is C12H15N7O. The summed E-state index contributed by atoms with van der Waals surface area (Å²) in [5, 5.41) is 9.18. The Balaban J connectivity index is 1.53. The number of carbonyl (C=O) groups excluding carboxylic acids is 1. The molecule has 0 aromatic carbocycles. The first-order chi connectivity index (χ1) is 9.83. The van der Waals surface area contributed by atoms with Gasteiger partial charge in [0.15, 0.2) is 0 Å². The number of nitrogens with one attached hydrogen (secondary N) is 2. The summed E-state index contributed by atoms with van der Waals surface area (Å²) in [5.74, 6) is 0.781. The Morgan fingerprint density at radius 1 is 1.25 bits per heavy atom. The van der Waals surface area contributed by atoms with E-state index in [1.54, 1.807) is 18.5 Å². The lowest BCUT2D eigenvalue weighted by Crippen LogP contribution is -2.45. The van der Waals surface area contributed by atoms with Crippen LogP contribution in [-0.4, -0.2) is 50.2 Å². The predicted molar refractivity (Wildman–Crippen MR) is 71.1 cm³/mol. The number of aromatic amines is 1. The van der Waals surface area contributed by atoms with Crippen LogP contribution in [0, 0.1) is 0 Å². The fourth-order valence-corrected chi connectivity index (χ4v) is 2.25. The lowest BCUT2D eigenvalue weighted by Gasteiger charge is -2.32. The van der Waals surface area contributed by atoms with Crippen LogP contribution in [0.4, 0.5) is 5.95 Å². The monoisotopic (exact) mass is 273 g/mol. The van der Waals surface area contributed by atoms with Crippen LogP contribution >= 0.6 is 0 Å². The lowest BCUT2D eigenvalue weighted by molar-refractivity contribution is 0.0921. The number of anilines is 1. The van der Waals surface area contributed by atoms with Crippen molar-refractivity contribution in [3.63, 3.8) is 0 Å².